The third-order valence-corrected chi connectivity index (χ3v) is 7.25. The molecule has 0 saturated heterocycles. The predicted molar refractivity (Wildman–Crippen MR) is 102 cm³/mol. The molecule has 0 heterocycles. The van der Waals surface area contributed by atoms with Crippen LogP contribution in [0.5, 0.6) is 0 Å². The third-order valence-electron chi connectivity index (χ3n) is 7.25. The zero-order valence-electron chi connectivity index (χ0n) is 17.0. The van der Waals surface area contributed by atoms with Gasteiger partial charge < -0.3 is 14.9 Å². The molecule has 0 spiro atoms. The van der Waals surface area contributed by atoms with Gasteiger partial charge in [-0.25, -0.2) is 0 Å². The number of ether oxygens (including phenoxy) is 1. The maximum Gasteiger partial charge on any atom is 0.302 e. The van der Waals surface area contributed by atoms with E-state index in [2.05, 4.69) is 27.7 Å². The molecule has 3 rings (SSSR count). The van der Waals surface area contributed by atoms with Gasteiger partial charge in [0, 0.05) is 18.9 Å². The molecule has 0 aromatic heterocycles. The highest BCUT2D eigenvalue weighted by molar-refractivity contribution is 5.98. The van der Waals surface area contributed by atoms with E-state index in [9.17, 15) is 19.8 Å². The van der Waals surface area contributed by atoms with Crippen LogP contribution in [0.4, 0.5) is 0 Å². The van der Waals surface area contributed by atoms with Gasteiger partial charge in [0.15, 0.2) is 5.78 Å². The van der Waals surface area contributed by atoms with Crippen LogP contribution < -0.4 is 0 Å². The lowest BCUT2D eigenvalue weighted by molar-refractivity contribution is -0.140. The molecule has 0 aliphatic heterocycles. The summed E-state index contributed by atoms with van der Waals surface area (Å²) in [7, 11) is 0. The van der Waals surface area contributed by atoms with Crippen molar-refractivity contribution in [3.05, 3.63) is 22.8 Å². The van der Waals surface area contributed by atoms with Crippen molar-refractivity contribution in [1.82, 2.24) is 0 Å². The highest BCUT2D eigenvalue weighted by Gasteiger charge is 2.56. The quantitative estimate of drug-likeness (QED) is 0.740. The molecule has 0 amide bonds. The summed E-state index contributed by atoms with van der Waals surface area (Å²) < 4.78 is 5.17. The van der Waals surface area contributed by atoms with Gasteiger partial charge in [-0.05, 0) is 53.1 Å². The standard InChI is InChI=1S/C22H32O5/c1-12(2)18-20(26)19(25)16-10-15-14(11-27-13(3)23)17(24)6-7-21(15,4)8-9-22(16,18)5/h10,12,18-20,25-26H,6-9,11H2,1-5H3/t18-,19-,20-,21-,22-/m0/s1. The number of allylic oxidation sites excluding steroid dienone is 2. The average molecular weight is 376 g/mol. The normalized spacial score (nSPS) is 39.0. The second-order valence-electron chi connectivity index (χ2n) is 9.38. The lowest BCUT2D eigenvalue weighted by Gasteiger charge is -2.39. The van der Waals surface area contributed by atoms with E-state index in [1.807, 2.05) is 6.08 Å². The van der Waals surface area contributed by atoms with Gasteiger partial charge in [0.2, 0.25) is 0 Å². The van der Waals surface area contributed by atoms with E-state index < -0.39 is 18.2 Å². The topological polar surface area (TPSA) is 83.8 Å². The van der Waals surface area contributed by atoms with Crippen molar-refractivity contribution in [2.24, 2.45) is 22.7 Å². The van der Waals surface area contributed by atoms with Crippen molar-refractivity contribution in [3.8, 4) is 0 Å². The van der Waals surface area contributed by atoms with Crippen molar-refractivity contribution >= 4 is 11.8 Å². The summed E-state index contributed by atoms with van der Waals surface area (Å²) in [5, 5.41) is 21.6. The molecule has 0 unspecified atom stereocenters. The van der Waals surface area contributed by atoms with E-state index in [-0.39, 0.29) is 35.1 Å². The minimum atomic E-state index is -0.927. The Labute approximate surface area is 161 Å². The van der Waals surface area contributed by atoms with Crippen LogP contribution in [0.25, 0.3) is 0 Å². The van der Waals surface area contributed by atoms with Crippen LogP contribution >= 0.6 is 0 Å². The molecule has 2 N–H and O–H groups in total. The smallest absolute Gasteiger partial charge is 0.302 e. The number of esters is 1. The highest BCUT2D eigenvalue weighted by Crippen LogP contribution is 2.59. The van der Waals surface area contributed by atoms with Crippen LogP contribution in [0.15, 0.2) is 22.8 Å². The summed E-state index contributed by atoms with van der Waals surface area (Å²) >= 11 is 0. The minimum absolute atomic E-state index is 0.0117. The number of ketones is 1. The van der Waals surface area contributed by atoms with Crippen LogP contribution in [0.3, 0.4) is 0 Å². The summed E-state index contributed by atoms with van der Waals surface area (Å²) in [6.07, 6.45) is 3.17. The summed E-state index contributed by atoms with van der Waals surface area (Å²) in [5.74, 6) is -0.201. The van der Waals surface area contributed by atoms with Crippen LogP contribution in [-0.4, -0.2) is 40.8 Å². The fourth-order valence-electron chi connectivity index (χ4n) is 5.71. The van der Waals surface area contributed by atoms with Crippen molar-refractivity contribution in [2.75, 3.05) is 6.61 Å². The Morgan fingerprint density at radius 1 is 1.26 bits per heavy atom. The number of rotatable bonds is 3. The number of carbonyl (C=O) groups is 2. The molecule has 27 heavy (non-hydrogen) atoms. The Balaban J connectivity index is 2.16. The second kappa shape index (κ2) is 6.85. The monoisotopic (exact) mass is 376 g/mol. The Kier molecular flexibility index (Phi) is 5.15. The lowest BCUT2D eigenvalue weighted by Crippen LogP contribution is -2.35. The first kappa shape index (κ1) is 20.3. The van der Waals surface area contributed by atoms with E-state index >= 15 is 0 Å². The number of Topliss-reactive ketones (excluding diaryl/α,β-unsaturated/α-hetero) is 1. The van der Waals surface area contributed by atoms with Gasteiger partial charge in [-0.15, -0.1) is 0 Å². The van der Waals surface area contributed by atoms with Gasteiger partial charge >= 0.3 is 5.97 Å². The van der Waals surface area contributed by atoms with Crippen LogP contribution in [-0.2, 0) is 14.3 Å². The molecule has 3 aliphatic rings. The van der Waals surface area contributed by atoms with Gasteiger partial charge in [-0.3, -0.25) is 9.59 Å². The molecule has 0 bridgehead atoms. The highest BCUT2D eigenvalue weighted by atomic mass is 16.5. The fraction of sp³-hybridized carbons (Fsp3) is 0.727. The van der Waals surface area contributed by atoms with E-state index in [0.29, 0.717) is 12.0 Å². The Morgan fingerprint density at radius 3 is 2.52 bits per heavy atom. The number of hydrogen-bond acceptors (Lipinski definition) is 5. The lowest BCUT2D eigenvalue weighted by atomic mass is 9.65. The minimum Gasteiger partial charge on any atom is -0.461 e. The maximum absolute atomic E-state index is 12.6. The van der Waals surface area contributed by atoms with Crippen molar-refractivity contribution in [1.29, 1.82) is 0 Å². The van der Waals surface area contributed by atoms with Crippen molar-refractivity contribution < 1.29 is 24.5 Å². The Morgan fingerprint density at radius 2 is 1.93 bits per heavy atom. The first-order chi connectivity index (χ1) is 12.5. The van der Waals surface area contributed by atoms with Gasteiger partial charge in [-0.2, -0.15) is 0 Å². The summed E-state index contributed by atoms with van der Waals surface area (Å²) in [5.41, 5.74) is 1.76. The first-order valence-corrected chi connectivity index (χ1v) is 9.99. The van der Waals surface area contributed by atoms with Gasteiger partial charge in [0.05, 0.1) is 6.10 Å². The average Bonchev–Trinajstić information content (AvgIpc) is 2.68. The zero-order valence-corrected chi connectivity index (χ0v) is 17.0. The number of hydrogen-bond donors (Lipinski definition) is 2. The molecular formula is C22H32O5. The van der Waals surface area contributed by atoms with Gasteiger partial charge in [0.1, 0.15) is 12.7 Å². The number of aliphatic hydroxyl groups excluding tert-OH is 2. The zero-order chi connectivity index (χ0) is 20.1. The van der Waals surface area contributed by atoms with Crippen LogP contribution in [0.1, 0.15) is 60.3 Å². The molecular weight excluding hydrogens is 344 g/mol. The maximum atomic E-state index is 12.6. The molecule has 1 saturated carbocycles. The third kappa shape index (κ3) is 3.19. The molecule has 0 aromatic rings. The molecule has 0 radical (unpaired) electrons. The largest absolute Gasteiger partial charge is 0.461 e. The summed E-state index contributed by atoms with van der Waals surface area (Å²) in [6, 6.07) is 0. The molecule has 5 atom stereocenters. The molecule has 1 fully saturated rings. The number of fused-ring (bicyclic) bond motifs is 2. The molecule has 5 heteroatoms. The fourth-order valence-corrected chi connectivity index (χ4v) is 5.71. The molecule has 150 valence electrons. The molecule has 5 nitrogen and oxygen atoms in total. The van der Waals surface area contributed by atoms with Crippen LogP contribution in [0, 0.1) is 22.7 Å². The van der Waals surface area contributed by atoms with E-state index in [1.54, 1.807) is 0 Å². The van der Waals surface area contributed by atoms with Crippen LogP contribution in [0.2, 0.25) is 0 Å². The number of carbonyl (C=O) groups excluding carboxylic acids is 2. The predicted octanol–water partition coefficient (Wildman–Crippen LogP) is 2.95. The first-order valence-electron chi connectivity index (χ1n) is 9.99. The van der Waals surface area contributed by atoms with Gasteiger partial charge in [-0.1, -0.05) is 33.8 Å². The van der Waals surface area contributed by atoms with E-state index in [4.69, 9.17) is 4.74 Å². The molecule has 0 aromatic carbocycles. The Bertz CT molecular complexity index is 718. The summed E-state index contributed by atoms with van der Waals surface area (Å²) in [6.45, 7) is 9.79. The summed E-state index contributed by atoms with van der Waals surface area (Å²) in [4.78, 5) is 23.9. The Hall–Kier alpha value is -1.46. The van der Waals surface area contributed by atoms with Crippen molar-refractivity contribution in [3.63, 3.8) is 0 Å². The van der Waals surface area contributed by atoms with E-state index in [1.165, 1.54) is 6.92 Å². The SMILES string of the molecule is CC(=O)OCC1=C2C=C3[C@H](O)[C@@H](O)[C@H](C(C)C)[C@@]3(C)CC[C@]2(C)CCC1=O. The molecule has 3 aliphatic carbocycles. The number of aliphatic hydroxyl groups is 2. The van der Waals surface area contributed by atoms with Gasteiger partial charge in [0.25, 0.3) is 0 Å². The second-order valence-corrected chi connectivity index (χ2v) is 9.38. The van der Waals surface area contributed by atoms with E-state index in [0.717, 1.165) is 30.4 Å². The van der Waals surface area contributed by atoms with Crippen molar-refractivity contribution in [2.45, 2.75) is 72.5 Å².